The first-order valence-electron chi connectivity index (χ1n) is 8.88. The number of rotatable bonds is 5. The molecule has 0 radical (unpaired) electrons. The smallest absolute Gasteiger partial charge is 0.263 e. The zero-order valence-corrected chi connectivity index (χ0v) is 16.9. The molecule has 4 aromatic rings. The van der Waals surface area contributed by atoms with Gasteiger partial charge in [-0.15, -0.1) is 11.3 Å². The molecule has 0 spiro atoms. The van der Waals surface area contributed by atoms with Gasteiger partial charge in [-0.2, -0.15) is 4.98 Å². The molecule has 0 fully saturated rings. The van der Waals surface area contributed by atoms with E-state index in [4.69, 9.17) is 25.6 Å². The van der Waals surface area contributed by atoms with Crippen molar-refractivity contribution < 1.29 is 18.8 Å². The standard InChI is InChI=1S/C20H13ClN4O4S/c21-13-3-1-2-11(6-13)18-24-17(29-25-18)9-22-19(26)16-8-23-20(30-16)12-4-5-14-15(7-12)28-10-27-14/h1-8H,9-10H2,(H,22,26). The molecule has 30 heavy (non-hydrogen) atoms. The van der Waals surface area contributed by atoms with Crippen molar-refractivity contribution >= 4 is 28.8 Å². The summed E-state index contributed by atoms with van der Waals surface area (Å²) in [5.74, 6) is 1.79. The number of halogens is 1. The van der Waals surface area contributed by atoms with Crippen LogP contribution >= 0.6 is 22.9 Å². The van der Waals surface area contributed by atoms with E-state index in [2.05, 4.69) is 20.4 Å². The molecule has 1 amide bonds. The lowest BCUT2D eigenvalue weighted by molar-refractivity contribution is 0.0950. The molecule has 0 saturated heterocycles. The van der Waals surface area contributed by atoms with Crippen molar-refractivity contribution in [2.24, 2.45) is 0 Å². The first kappa shape index (κ1) is 18.6. The Morgan fingerprint density at radius 1 is 1.13 bits per heavy atom. The van der Waals surface area contributed by atoms with Crippen LogP contribution in [0.1, 0.15) is 15.6 Å². The Morgan fingerprint density at radius 2 is 2.03 bits per heavy atom. The second kappa shape index (κ2) is 7.77. The summed E-state index contributed by atoms with van der Waals surface area (Å²) in [6.07, 6.45) is 1.53. The van der Waals surface area contributed by atoms with Crippen molar-refractivity contribution in [3.8, 4) is 33.5 Å². The Hall–Kier alpha value is -3.43. The number of ether oxygens (including phenoxy) is 2. The summed E-state index contributed by atoms with van der Waals surface area (Å²) < 4.78 is 15.9. The number of benzene rings is 2. The molecule has 8 nitrogen and oxygen atoms in total. The van der Waals surface area contributed by atoms with Gasteiger partial charge in [0.1, 0.15) is 9.88 Å². The molecule has 3 heterocycles. The van der Waals surface area contributed by atoms with E-state index in [1.165, 1.54) is 17.5 Å². The fourth-order valence-corrected chi connectivity index (χ4v) is 3.88. The van der Waals surface area contributed by atoms with E-state index in [-0.39, 0.29) is 19.2 Å². The molecule has 1 aliphatic heterocycles. The molecule has 1 N–H and O–H groups in total. The number of fused-ring (bicyclic) bond motifs is 1. The van der Waals surface area contributed by atoms with Gasteiger partial charge in [0.2, 0.25) is 18.5 Å². The molecule has 2 aromatic carbocycles. The first-order chi connectivity index (χ1) is 14.7. The zero-order valence-electron chi connectivity index (χ0n) is 15.3. The second-order valence-corrected chi connectivity index (χ2v) is 7.77. The van der Waals surface area contributed by atoms with Crippen molar-refractivity contribution in [1.82, 2.24) is 20.4 Å². The van der Waals surface area contributed by atoms with Gasteiger partial charge >= 0.3 is 0 Å². The minimum absolute atomic E-state index is 0.101. The average molecular weight is 441 g/mol. The van der Waals surface area contributed by atoms with Crippen molar-refractivity contribution in [3.05, 3.63) is 64.5 Å². The summed E-state index contributed by atoms with van der Waals surface area (Å²) in [6.45, 7) is 0.308. The van der Waals surface area contributed by atoms with Gasteiger partial charge in [0.25, 0.3) is 5.91 Å². The van der Waals surface area contributed by atoms with Crippen molar-refractivity contribution in [2.75, 3.05) is 6.79 Å². The summed E-state index contributed by atoms with van der Waals surface area (Å²) in [4.78, 5) is 21.6. The molecule has 5 rings (SSSR count). The number of thiazole rings is 1. The van der Waals surface area contributed by atoms with E-state index in [1.54, 1.807) is 18.2 Å². The highest BCUT2D eigenvalue weighted by molar-refractivity contribution is 7.16. The average Bonchev–Trinajstić information content (AvgIpc) is 3.52. The quantitative estimate of drug-likeness (QED) is 0.497. The molecular formula is C20H13ClN4O4S. The summed E-state index contributed by atoms with van der Waals surface area (Å²) in [5, 5.41) is 7.97. The van der Waals surface area contributed by atoms with Crippen LogP contribution < -0.4 is 14.8 Å². The van der Waals surface area contributed by atoms with Gasteiger partial charge < -0.3 is 19.3 Å². The summed E-state index contributed by atoms with van der Waals surface area (Å²) >= 11 is 7.26. The Kier molecular flexibility index (Phi) is 4.82. The van der Waals surface area contributed by atoms with E-state index in [0.29, 0.717) is 38.1 Å². The Balaban J connectivity index is 1.25. The lowest BCUT2D eigenvalue weighted by Crippen LogP contribution is -2.21. The molecule has 1 aliphatic rings. The minimum Gasteiger partial charge on any atom is -0.454 e. The van der Waals surface area contributed by atoms with Crippen LogP contribution in [0, 0.1) is 0 Å². The lowest BCUT2D eigenvalue weighted by Gasteiger charge is -2.00. The van der Waals surface area contributed by atoms with Gasteiger partial charge in [-0.05, 0) is 30.3 Å². The maximum atomic E-state index is 12.5. The predicted molar refractivity (Wildman–Crippen MR) is 110 cm³/mol. The van der Waals surface area contributed by atoms with Gasteiger partial charge in [-0.3, -0.25) is 4.79 Å². The highest BCUT2D eigenvalue weighted by Gasteiger charge is 2.17. The molecule has 2 aromatic heterocycles. The molecule has 0 aliphatic carbocycles. The molecular weight excluding hydrogens is 428 g/mol. The van der Waals surface area contributed by atoms with E-state index >= 15 is 0 Å². The Labute approximate surface area is 179 Å². The van der Waals surface area contributed by atoms with Crippen LogP contribution in [0.3, 0.4) is 0 Å². The molecule has 0 atom stereocenters. The van der Waals surface area contributed by atoms with Gasteiger partial charge in [-0.25, -0.2) is 4.98 Å². The van der Waals surface area contributed by atoms with Crippen molar-refractivity contribution in [1.29, 1.82) is 0 Å². The van der Waals surface area contributed by atoms with Crippen LogP contribution in [0.2, 0.25) is 5.02 Å². The van der Waals surface area contributed by atoms with E-state index in [0.717, 1.165) is 11.1 Å². The van der Waals surface area contributed by atoms with E-state index in [1.807, 2.05) is 24.3 Å². The normalized spacial score (nSPS) is 12.2. The molecule has 0 bridgehead atoms. The highest BCUT2D eigenvalue weighted by Crippen LogP contribution is 2.37. The van der Waals surface area contributed by atoms with E-state index < -0.39 is 0 Å². The topological polar surface area (TPSA) is 99.4 Å². The summed E-state index contributed by atoms with van der Waals surface area (Å²) in [7, 11) is 0. The van der Waals surface area contributed by atoms with Crippen molar-refractivity contribution in [2.45, 2.75) is 6.54 Å². The zero-order chi connectivity index (χ0) is 20.5. The molecule has 0 unspecified atom stereocenters. The first-order valence-corrected chi connectivity index (χ1v) is 10.1. The number of aromatic nitrogens is 3. The number of carbonyl (C=O) groups excluding carboxylic acids is 1. The SMILES string of the molecule is O=C(NCc1nc(-c2cccc(Cl)c2)no1)c1cnc(-c2ccc3c(c2)OCO3)s1. The Bertz CT molecular complexity index is 1240. The fraction of sp³-hybridized carbons (Fsp3) is 0.100. The summed E-state index contributed by atoms with van der Waals surface area (Å²) in [5.41, 5.74) is 1.59. The lowest BCUT2D eigenvalue weighted by atomic mass is 10.2. The number of nitrogens with zero attached hydrogens (tertiary/aromatic N) is 3. The van der Waals surface area contributed by atoms with Crippen LogP contribution in [0.25, 0.3) is 22.0 Å². The highest BCUT2D eigenvalue weighted by atomic mass is 35.5. The van der Waals surface area contributed by atoms with E-state index in [9.17, 15) is 4.79 Å². The van der Waals surface area contributed by atoms with Crippen LogP contribution in [-0.4, -0.2) is 27.8 Å². The maximum Gasteiger partial charge on any atom is 0.263 e. The minimum atomic E-state index is -0.276. The number of amides is 1. The van der Waals surface area contributed by atoms with Crippen molar-refractivity contribution in [3.63, 3.8) is 0 Å². The van der Waals surface area contributed by atoms with Crippen LogP contribution in [0.5, 0.6) is 11.5 Å². The fourth-order valence-electron chi connectivity index (χ4n) is 2.86. The van der Waals surface area contributed by atoms with Gasteiger partial charge in [0, 0.05) is 16.1 Å². The molecule has 10 heteroatoms. The third kappa shape index (κ3) is 3.72. The Morgan fingerprint density at radius 3 is 2.93 bits per heavy atom. The third-order valence-corrected chi connectivity index (χ3v) is 5.58. The monoisotopic (exact) mass is 440 g/mol. The third-order valence-electron chi connectivity index (χ3n) is 4.30. The number of carbonyl (C=O) groups is 1. The number of hydrogen-bond acceptors (Lipinski definition) is 8. The molecule has 0 saturated carbocycles. The van der Waals surface area contributed by atoms with Gasteiger partial charge in [0.05, 0.1) is 12.7 Å². The second-order valence-electron chi connectivity index (χ2n) is 6.30. The van der Waals surface area contributed by atoms with Crippen LogP contribution in [0.4, 0.5) is 0 Å². The van der Waals surface area contributed by atoms with Crippen LogP contribution in [0.15, 0.2) is 53.2 Å². The predicted octanol–water partition coefficient (Wildman–Crippen LogP) is 4.17. The van der Waals surface area contributed by atoms with Gasteiger partial charge in [-0.1, -0.05) is 28.9 Å². The largest absolute Gasteiger partial charge is 0.454 e. The van der Waals surface area contributed by atoms with Gasteiger partial charge in [0.15, 0.2) is 11.5 Å². The summed E-state index contributed by atoms with van der Waals surface area (Å²) in [6, 6.07) is 12.7. The maximum absolute atomic E-state index is 12.5. The number of hydrogen-bond donors (Lipinski definition) is 1. The molecule has 150 valence electrons. The van der Waals surface area contributed by atoms with Crippen LogP contribution in [-0.2, 0) is 6.54 Å². The number of nitrogens with one attached hydrogen (secondary N) is 1.